The van der Waals surface area contributed by atoms with Crippen molar-refractivity contribution in [2.24, 2.45) is 4.99 Å². The molecule has 6 heteroatoms. The highest BCUT2D eigenvalue weighted by Gasteiger charge is 2.26. The molecule has 0 bridgehead atoms. The highest BCUT2D eigenvalue weighted by Crippen LogP contribution is 2.32. The van der Waals surface area contributed by atoms with Gasteiger partial charge in [-0.05, 0) is 54.8 Å². The van der Waals surface area contributed by atoms with Crippen molar-refractivity contribution in [3.63, 3.8) is 0 Å². The molecule has 0 radical (unpaired) electrons. The van der Waals surface area contributed by atoms with Crippen LogP contribution in [-0.4, -0.2) is 36.2 Å². The van der Waals surface area contributed by atoms with E-state index in [1.807, 2.05) is 0 Å². The summed E-state index contributed by atoms with van der Waals surface area (Å²) in [5.41, 5.74) is 0.629. The van der Waals surface area contributed by atoms with Crippen LogP contribution in [0.3, 0.4) is 0 Å². The highest BCUT2D eigenvalue weighted by atomic mass is 32.2. The Morgan fingerprint density at radius 1 is 1.32 bits per heavy atom. The van der Waals surface area contributed by atoms with E-state index in [1.54, 1.807) is 18.2 Å². The van der Waals surface area contributed by atoms with E-state index in [2.05, 4.69) is 9.89 Å². The van der Waals surface area contributed by atoms with Gasteiger partial charge in [0.1, 0.15) is 0 Å². The molecule has 1 amide bonds. The number of amides is 1. The number of methoxy groups -OCH3 is 1. The zero-order valence-corrected chi connectivity index (χ0v) is 13.2. The molecule has 0 atom stereocenters. The van der Waals surface area contributed by atoms with Gasteiger partial charge in [-0.1, -0.05) is 6.07 Å². The van der Waals surface area contributed by atoms with E-state index in [9.17, 15) is 9.18 Å². The standard InChI is InChI=1S/C16H17FN2O2S/c1-21-13-6-5-11(9-12(13)17)10-14-15(20)18-16(22-14)19-7-3-2-4-8-19/h5-6,9-10H,2-4,7-8H2,1H3/b14-10+. The quantitative estimate of drug-likeness (QED) is 0.784. The first-order chi connectivity index (χ1) is 10.7. The van der Waals surface area contributed by atoms with Crippen LogP contribution in [0.1, 0.15) is 24.8 Å². The molecular weight excluding hydrogens is 303 g/mol. The number of halogens is 1. The second kappa shape index (κ2) is 6.52. The largest absolute Gasteiger partial charge is 0.494 e. The molecule has 2 heterocycles. The maximum Gasteiger partial charge on any atom is 0.286 e. The lowest BCUT2D eigenvalue weighted by Gasteiger charge is -2.27. The molecule has 1 saturated heterocycles. The second-order valence-electron chi connectivity index (χ2n) is 5.25. The number of amidine groups is 1. The summed E-state index contributed by atoms with van der Waals surface area (Å²) >= 11 is 1.37. The number of carbonyl (C=O) groups is 1. The van der Waals surface area contributed by atoms with E-state index in [0.717, 1.165) is 31.1 Å². The van der Waals surface area contributed by atoms with Crippen molar-refractivity contribution in [1.29, 1.82) is 0 Å². The summed E-state index contributed by atoms with van der Waals surface area (Å²) in [6, 6.07) is 4.64. The zero-order chi connectivity index (χ0) is 15.5. The number of ether oxygens (including phenoxy) is 1. The zero-order valence-electron chi connectivity index (χ0n) is 12.3. The average Bonchev–Trinajstić information content (AvgIpc) is 2.89. The summed E-state index contributed by atoms with van der Waals surface area (Å²) in [5.74, 6) is -0.496. The highest BCUT2D eigenvalue weighted by molar-refractivity contribution is 8.18. The average molecular weight is 320 g/mol. The van der Waals surface area contributed by atoms with E-state index in [1.165, 1.54) is 31.4 Å². The van der Waals surface area contributed by atoms with Crippen LogP contribution in [0.4, 0.5) is 4.39 Å². The van der Waals surface area contributed by atoms with Gasteiger partial charge in [0.2, 0.25) is 0 Å². The molecule has 116 valence electrons. The first-order valence-corrected chi connectivity index (χ1v) is 8.10. The lowest BCUT2D eigenvalue weighted by atomic mass is 10.1. The van der Waals surface area contributed by atoms with E-state index in [-0.39, 0.29) is 11.7 Å². The Hall–Kier alpha value is -1.82. The van der Waals surface area contributed by atoms with E-state index >= 15 is 0 Å². The molecule has 2 aliphatic heterocycles. The fourth-order valence-electron chi connectivity index (χ4n) is 2.54. The van der Waals surface area contributed by atoms with Crippen LogP contribution < -0.4 is 4.74 Å². The fourth-order valence-corrected chi connectivity index (χ4v) is 3.51. The number of nitrogens with zero attached hydrogens (tertiary/aromatic N) is 2. The molecule has 1 fully saturated rings. The molecule has 0 saturated carbocycles. The smallest absolute Gasteiger partial charge is 0.286 e. The lowest BCUT2D eigenvalue weighted by Crippen LogP contribution is -2.33. The van der Waals surface area contributed by atoms with E-state index in [0.29, 0.717) is 10.5 Å². The third kappa shape index (κ3) is 3.16. The number of benzene rings is 1. The van der Waals surface area contributed by atoms with E-state index < -0.39 is 5.82 Å². The number of rotatable bonds is 2. The molecule has 4 nitrogen and oxygen atoms in total. The number of aliphatic imine (C=N–C) groups is 1. The van der Waals surface area contributed by atoms with Crippen molar-refractivity contribution >= 4 is 28.9 Å². The van der Waals surface area contributed by atoms with Crippen LogP contribution in [0.25, 0.3) is 6.08 Å². The molecule has 0 unspecified atom stereocenters. The van der Waals surface area contributed by atoms with Crippen molar-refractivity contribution in [3.8, 4) is 5.75 Å². The van der Waals surface area contributed by atoms with Crippen LogP contribution in [0.5, 0.6) is 5.75 Å². The normalized spacial score (nSPS) is 20.5. The van der Waals surface area contributed by atoms with Crippen molar-refractivity contribution < 1.29 is 13.9 Å². The Morgan fingerprint density at radius 2 is 2.09 bits per heavy atom. The minimum Gasteiger partial charge on any atom is -0.494 e. The monoisotopic (exact) mass is 320 g/mol. The Kier molecular flexibility index (Phi) is 4.47. The summed E-state index contributed by atoms with van der Waals surface area (Å²) in [5, 5.41) is 0.768. The first-order valence-electron chi connectivity index (χ1n) is 7.28. The molecular formula is C16H17FN2O2S. The lowest BCUT2D eigenvalue weighted by molar-refractivity contribution is -0.113. The van der Waals surface area contributed by atoms with Gasteiger partial charge in [0, 0.05) is 13.1 Å². The molecule has 2 aliphatic rings. The van der Waals surface area contributed by atoms with Crippen LogP contribution >= 0.6 is 11.8 Å². The third-order valence-corrected chi connectivity index (χ3v) is 4.75. The first kappa shape index (κ1) is 15.1. The maximum atomic E-state index is 13.7. The number of hydrogen-bond acceptors (Lipinski definition) is 4. The number of hydrogen-bond donors (Lipinski definition) is 0. The Morgan fingerprint density at radius 3 is 2.77 bits per heavy atom. The van der Waals surface area contributed by atoms with Gasteiger partial charge in [0.25, 0.3) is 5.91 Å². The third-order valence-electron chi connectivity index (χ3n) is 3.71. The molecule has 0 spiro atoms. The van der Waals surface area contributed by atoms with Gasteiger partial charge >= 0.3 is 0 Å². The summed E-state index contributed by atoms with van der Waals surface area (Å²) < 4.78 is 18.6. The number of carbonyl (C=O) groups excluding carboxylic acids is 1. The Bertz CT molecular complexity index is 652. The second-order valence-corrected chi connectivity index (χ2v) is 6.26. The van der Waals surface area contributed by atoms with Gasteiger partial charge in [0.05, 0.1) is 12.0 Å². The van der Waals surface area contributed by atoms with Crippen molar-refractivity contribution in [2.75, 3.05) is 20.2 Å². The van der Waals surface area contributed by atoms with Gasteiger partial charge < -0.3 is 9.64 Å². The molecule has 22 heavy (non-hydrogen) atoms. The van der Waals surface area contributed by atoms with Gasteiger partial charge in [-0.2, -0.15) is 4.99 Å². The SMILES string of the molecule is COc1ccc(/C=C2/SC(N3CCCCC3)=NC2=O)cc1F. The van der Waals surface area contributed by atoms with Crippen LogP contribution in [0.15, 0.2) is 28.1 Å². The van der Waals surface area contributed by atoms with Crippen molar-refractivity contribution in [1.82, 2.24) is 4.90 Å². The van der Waals surface area contributed by atoms with Gasteiger partial charge in [-0.3, -0.25) is 4.79 Å². The molecule has 0 aromatic heterocycles. The molecule has 3 rings (SSSR count). The van der Waals surface area contributed by atoms with Gasteiger partial charge in [0.15, 0.2) is 16.7 Å². The number of likely N-dealkylation sites (tertiary alicyclic amines) is 1. The Labute approximate surface area is 133 Å². The van der Waals surface area contributed by atoms with Crippen LogP contribution in [-0.2, 0) is 4.79 Å². The fraction of sp³-hybridized carbons (Fsp3) is 0.375. The summed E-state index contributed by atoms with van der Waals surface area (Å²) in [7, 11) is 1.42. The van der Waals surface area contributed by atoms with Gasteiger partial charge in [-0.15, -0.1) is 0 Å². The molecule has 0 N–H and O–H groups in total. The number of thioether (sulfide) groups is 1. The summed E-state index contributed by atoms with van der Waals surface area (Å²) in [6.45, 7) is 1.90. The van der Waals surface area contributed by atoms with Crippen molar-refractivity contribution in [3.05, 3.63) is 34.5 Å². The molecule has 0 aliphatic carbocycles. The minimum absolute atomic E-state index is 0.192. The summed E-state index contributed by atoms with van der Waals surface area (Å²) in [6.07, 6.45) is 5.18. The van der Waals surface area contributed by atoms with Crippen LogP contribution in [0, 0.1) is 5.82 Å². The number of piperidine rings is 1. The Balaban J connectivity index is 1.76. The molecule has 1 aromatic rings. The predicted octanol–water partition coefficient (Wildman–Crippen LogP) is 3.29. The minimum atomic E-state index is -0.440. The molecule has 1 aromatic carbocycles. The predicted molar refractivity (Wildman–Crippen MR) is 86.4 cm³/mol. The van der Waals surface area contributed by atoms with Crippen LogP contribution in [0.2, 0.25) is 0 Å². The van der Waals surface area contributed by atoms with E-state index in [4.69, 9.17) is 4.74 Å². The van der Waals surface area contributed by atoms with Crippen molar-refractivity contribution in [2.45, 2.75) is 19.3 Å². The maximum absolute atomic E-state index is 13.7. The summed E-state index contributed by atoms with van der Waals surface area (Å²) in [4.78, 5) is 18.8. The van der Waals surface area contributed by atoms with Gasteiger partial charge in [-0.25, -0.2) is 4.39 Å². The topological polar surface area (TPSA) is 41.9 Å².